The Hall–Kier alpha value is -1.76. The maximum atomic E-state index is 2.43. The first-order valence-electron chi connectivity index (χ1n) is 6.18. The van der Waals surface area contributed by atoms with Crippen LogP contribution in [0, 0.1) is 13.8 Å². The summed E-state index contributed by atoms with van der Waals surface area (Å²) in [6.45, 7) is 5.43. The van der Waals surface area contributed by atoms with E-state index in [1.54, 1.807) is 0 Å². The van der Waals surface area contributed by atoms with Crippen molar-refractivity contribution < 1.29 is 0 Å². The van der Waals surface area contributed by atoms with Crippen molar-refractivity contribution in [2.75, 3.05) is 11.4 Å². The van der Waals surface area contributed by atoms with Gasteiger partial charge in [0.15, 0.2) is 0 Å². The topological polar surface area (TPSA) is 3.24 Å². The molecule has 0 bridgehead atoms. The second-order valence-electron chi connectivity index (χ2n) is 4.88. The van der Waals surface area contributed by atoms with E-state index in [1.165, 1.54) is 28.1 Å². The first-order chi connectivity index (χ1) is 8.24. The van der Waals surface area contributed by atoms with Gasteiger partial charge in [-0.3, -0.25) is 0 Å². The van der Waals surface area contributed by atoms with Gasteiger partial charge in [-0.15, -0.1) is 0 Å². The first-order valence-corrected chi connectivity index (χ1v) is 6.18. The Bertz CT molecular complexity index is 537. The quantitative estimate of drug-likeness (QED) is 0.706. The van der Waals surface area contributed by atoms with Gasteiger partial charge in [0, 0.05) is 17.9 Å². The summed E-state index contributed by atoms with van der Waals surface area (Å²) < 4.78 is 0. The van der Waals surface area contributed by atoms with Crippen LogP contribution < -0.4 is 4.90 Å². The Morgan fingerprint density at radius 2 is 1.65 bits per heavy atom. The molecule has 1 heteroatoms. The van der Waals surface area contributed by atoms with Crippen molar-refractivity contribution >= 4 is 11.4 Å². The molecule has 1 aliphatic rings. The molecule has 0 saturated heterocycles. The van der Waals surface area contributed by atoms with E-state index >= 15 is 0 Å². The van der Waals surface area contributed by atoms with Crippen molar-refractivity contribution in [1.29, 1.82) is 0 Å². The van der Waals surface area contributed by atoms with Crippen molar-refractivity contribution in [3.63, 3.8) is 0 Å². The van der Waals surface area contributed by atoms with Crippen LogP contribution in [0.5, 0.6) is 0 Å². The fraction of sp³-hybridized carbons (Fsp3) is 0.250. The van der Waals surface area contributed by atoms with Gasteiger partial charge in [-0.2, -0.15) is 0 Å². The van der Waals surface area contributed by atoms with E-state index in [2.05, 4.69) is 61.2 Å². The fourth-order valence-corrected chi connectivity index (χ4v) is 2.71. The minimum absolute atomic E-state index is 1.10. The second-order valence-corrected chi connectivity index (χ2v) is 4.88. The van der Waals surface area contributed by atoms with E-state index in [9.17, 15) is 0 Å². The lowest BCUT2D eigenvalue weighted by molar-refractivity contribution is 0.996. The molecule has 1 nitrogen and oxygen atoms in total. The van der Waals surface area contributed by atoms with Crippen LogP contribution >= 0.6 is 0 Å². The maximum absolute atomic E-state index is 2.43. The molecule has 0 amide bonds. The van der Waals surface area contributed by atoms with Crippen LogP contribution in [-0.2, 0) is 6.42 Å². The van der Waals surface area contributed by atoms with Gasteiger partial charge < -0.3 is 4.90 Å². The largest absolute Gasteiger partial charge is 0.341 e. The predicted octanol–water partition coefficient (Wildman–Crippen LogP) is 4.00. The second kappa shape index (κ2) is 3.92. The van der Waals surface area contributed by atoms with Crippen LogP contribution in [-0.4, -0.2) is 6.54 Å². The van der Waals surface area contributed by atoms with Crippen LogP contribution in [0.25, 0.3) is 0 Å². The smallest absolute Gasteiger partial charge is 0.0444 e. The minimum atomic E-state index is 1.10. The summed E-state index contributed by atoms with van der Waals surface area (Å²) >= 11 is 0. The average molecular weight is 223 g/mol. The zero-order chi connectivity index (χ0) is 11.8. The molecule has 0 N–H and O–H groups in total. The minimum Gasteiger partial charge on any atom is -0.341 e. The Morgan fingerprint density at radius 3 is 2.41 bits per heavy atom. The molecule has 2 aromatic rings. The van der Waals surface area contributed by atoms with E-state index in [0.29, 0.717) is 0 Å². The monoisotopic (exact) mass is 223 g/mol. The summed E-state index contributed by atoms with van der Waals surface area (Å²) in [5.74, 6) is 0. The summed E-state index contributed by atoms with van der Waals surface area (Å²) in [6.07, 6.45) is 1.16. The number of aryl methyl sites for hydroxylation is 2. The number of benzene rings is 2. The van der Waals surface area contributed by atoms with Gasteiger partial charge in [0.2, 0.25) is 0 Å². The average Bonchev–Trinajstić information content (AvgIpc) is 2.71. The molecular formula is C16H17N. The Kier molecular flexibility index (Phi) is 2.40. The summed E-state index contributed by atoms with van der Waals surface area (Å²) in [4.78, 5) is 2.43. The van der Waals surface area contributed by atoms with Crippen molar-refractivity contribution in [2.24, 2.45) is 0 Å². The van der Waals surface area contributed by atoms with Crippen LogP contribution in [0.2, 0.25) is 0 Å². The molecular weight excluding hydrogens is 206 g/mol. The lowest BCUT2D eigenvalue weighted by Crippen LogP contribution is -2.13. The van der Waals surface area contributed by atoms with E-state index in [4.69, 9.17) is 0 Å². The van der Waals surface area contributed by atoms with Gasteiger partial charge >= 0.3 is 0 Å². The number of anilines is 2. The zero-order valence-corrected chi connectivity index (χ0v) is 10.4. The van der Waals surface area contributed by atoms with Crippen molar-refractivity contribution in [1.82, 2.24) is 0 Å². The molecule has 1 heterocycles. The lowest BCUT2D eigenvalue weighted by atomic mass is 10.1. The van der Waals surface area contributed by atoms with E-state index in [0.717, 1.165) is 13.0 Å². The van der Waals surface area contributed by atoms with Crippen molar-refractivity contribution in [2.45, 2.75) is 20.3 Å². The summed E-state index contributed by atoms with van der Waals surface area (Å²) in [7, 11) is 0. The highest BCUT2D eigenvalue weighted by Gasteiger charge is 2.19. The van der Waals surface area contributed by atoms with Gasteiger partial charge in [-0.25, -0.2) is 0 Å². The number of rotatable bonds is 1. The molecule has 0 aliphatic carbocycles. The van der Waals surface area contributed by atoms with Gasteiger partial charge in [0.1, 0.15) is 0 Å². The van der Waals surface area contributed by atoms with E-state index in [1.807, 2.05) is 0 Å². The summed E-state index contributed by atoms with van der Waals surface area (Å²) in [5, 5.41) is 0. The van der Waals surface area contributed by atoms with Gasteiger partial charge in [0.05, 0.1) is 0 Å². The van der Waals surface area contributed by atoms with Gasteiger partial charge in [-0.05, 0) is 55.2 Å². The van der Waals surface area contributed by atoms with Gasteiger partial charge in [0.25, 0.3) is 0 Å². The van der Waals surface area contributed by atoms with Crippen molar-refractivity contribution in [3.05, 3.63) is 59.2 Å². The molecule has 17 heavy (non-hydrogen) atoms. The standard InChI is InChI=1S/C16H17N/c1-12-9-13(2)11-15(10-12)17-8-7-14-5-3-4-6-16(14)17/h3-6,9-11H,7-8H2,1-2H3. The molecule has 3 rings (SSSR count). The normalized spacial score (nSPS) is 13.9. The molecule has 0 atom stereocenters. The number of nitrogens with zero attached hydrogens (tertiary/aromatic N) is 1. The van der Waals surface area contributed by atoms with E-state index in [-0.39, 0.29) is 0 Å². The molecule has 1 aliphatic heterocycles. The molecule has 86 valence electrons. The Balaban J connectivity index is 2.06. The van der Waals surface area contributed by atoms with Crippen LogP contribution in [0.15, 0.2) is 42.5 Å². The highest BCUT2D eigenvalue weighted by Crippen LogP contribution is 2.34. The van der Waals surface area contributed by atoms with Crippen LogP contribution in [0.1, 0.15) is 16.7 Å². The van der Waals surface area contributed by atoms with Crippen LogP contribution in [0.4, 0.5) is 11.4 Å². The SMILES string of the molecule is Cc1cc(C)cc(N2CCc3ccccc32)c1. The Labute approximate surface area is 103 Å². The highest BCUT2D eigenvalue weighted by atomic mass is 15.2. The van der Waals surface area contributed by atoms with Crippen LogP contribution in [0.3, 0.4) is 0 Å². The first kappa shape index (κ1) is 10.4. The molecule has 0 spiro atoms. The zero-order valence-electron chi connectivity index (χ0n) is 10.4. The molecule has 0 aromatic heterocycles. The third-order valence-corrected chi connectivity index (χ3v) is 3.41. The fourth-order valence-electron chi connectivity index (χ4n) is 2.71. The lowest BCUT2D eigenvalue weighted by Gasteiger charge is -2.20. The van der Waals surface area contributed by atoms with E-state index < -0.39 is 0 Å². The number of fused-ring (bicyclic) bond motifs is 1. The molecule has 0 unspecified atom stereocenters. The number of hydrogen-bond acceptors (Lipinski definition) is 1. The Morgan fingerprint density at radius 1 is 0.941 bits per heavy atom. The van der Waals surface area contributed by atoms with Crippen molar-refractivity contribution in [3.8, 4) is 0 Å². The number of hydrogen-bond donors (Lipinski definition) is 0. The molecule has 2 aromatic carbocycles. The summed E-state index contributed by atoms with van der Waals surface area (Å²) in [6, 6.07) is 15.5. The maximum Gasteiger partial charge on any atom is 0.0444 e. The van der Waals surface area contributed by atoms with Gasteiger partial charge in [-0.1, -0.05) is 24.3 Å². The predicted molar refractivity (Wildman–Crippen MR) is 73.1 cm³/mol. The third-order valence-electron chi connectivity index (χ3n) is 3.41. The molecule has 0 radical (unpaired) electrons. The highest BCUT2D eigenvalue weighted by molar-refractivity contribution is 5.70. The summed E-state index contributed by atoms with van der Waals surface area (Å²) in [5.41, 5.74) is 6.84. The molecule has 0 fully saturated rings. The number of para-hydroxylation sites is 1. The molecule has 0 saturated carbocycles. The third kappa shape index (κ3) is 1.82.